The molecule has 25 heavy (non-hydrogen) atoms. The number of benzene rings is 3. The first-order valence-corrected chi connectivity index (χ1v) is 8.62. The van der Waals surface area contributed by atoms with E-state index >= 15 is 0 Å². The predicted molar refractivity (Wildman–Crippen MR) is 92.6 cm³/mol. The van der Waals surface area contributed by atoms with Crippen LogP contribution in [0, 0.1) is 13.8 Å². The maximum atomic E-state index is 11.6. The molecule has 0 spiro atoms. The van der Waals surface area contributed by atoms with Gasteiger partial charge in [0.15, 0.2) is 12.2 Å². The van der Waals surface area contributed by atoms with E-state index in [1.807, 2.05) is 0 Å². The van der Waals surface area contributed by atoms with Gasteiger partial charge in [0.2, 0.25) is 0 Å². The van der Waals surface area contributed by atoms with Crippen molar-refractivity contribution in [2.75, 3.05) is 0 Å². The third-order valence-electron chi connectivity index (χ3n) is 6.06. The van der Waals surface area contributed by atoms with E-state index in [9.17, 15) is 4.79 Å². The Morgan fingerprint density at radius 1 is 0.800 bits per heavy atom. The molecule has 0 N–H and O–H groups in total. The minimum atomic E-state index is -0.580. The van der Waals surface area contributed by atoms with Crippen molar-refractivity contribution >= 4 is 27.7 Å². The van der Waals surface area contributed by atoms with Crippen molar-refractivity contribution in [2.24, 2.45) is 0 Å². The second-order valence-electron chi connectivity index (χ2n) is 7.18. The largest absolute Gasteiger partial charge is 0.509 e. The highest BCUT2D eigenvalue weighted by Gasteiger charge is 2.60. The molecule has 0 aromatic heterocycles. The van der Waals surface area contributed by atoms with Crippen molar-refractivity contribution in [1.29, 1.82) is 0 Å². The van der Waals surface area contributed by atoms with Crippen LogP contribution in [0.25, 0.3) is 21.5 Å². The van der Waals surface area contributed by atoms with Gasteiger partial charge in [0.05, 0.1) is 0 Å². The fourth-order valence-electron chi connectivity index (χ4n) is 4.97. The van der Waals surface area contributed by atoms with E-state index in [0.717, 1.165) is 5.56 Å². The SMILES string of the molecule is Cc1c2ccccc2c(C)c2c3c(ccc12)[C@@H]1O[C@H]3[C@@H]2OC(=O)O[C@@H]21. The third-order valence-corrected chi connectivity index (χ3v) is 6.06. The molecule has 4 atom stereocenters. The molecule has 3 aromatic rings. The normalized spacial score (nSPS) is 29.0. The summed E-state index contributed by atoms with van der Waals surface area (Å²) in [5, 5.41) is 5.03. The Balaban J connectivity index is 1.72. The van der Waals surface area contributed by atoms with E-state index in [1.165, 1.54) is 38.2 Å². The van der Waals surface area contributed by atoms with Crippen LogP contribution >= 0.6 is 0 Å². The van der Waals surface area contributed by atoms with E-state index in [1.54, 1.807) is 0 Å². The zero-order chi connectivity index (χ0) is 16.9. The minimum Gasteiger partial charge on any atom is -0.424 e. The Kier molecular flexibility index (Phi) is 2.37. The molecule has 0 aliphatic carbocycles. The van der Waals surface area contributed by atoms with Crippen molar-refractivity contribution in [3.8, 4) is 0 Å². The lowest BCUT2D eigenvalue weighted by atomic mass is 9.81. The number of hydrogen-bond acceptors (Lipinski definition) is 4. The Morgan fingerprint density at radius 2 is 1.48 bits per heavy atom. The molecule has 2 saturated heterocycles. The Bertz CT molecular complexity index is 1100. The topological polar surface area (TPSA) is 44.8 Å². The molecule has 3 aliphatic rings. The summed E-state index contributed by atoms with van der Waals surface area (Å²) in [6.07, 6.45) is -1.68. The third kappa shape index (κ3) is 1.50. The summed E-state index contributed by atoms with van der Waals surface area (Å²) in [6, 6.07) is 12.8. The molecule has 4 heteroatoms. The van der Waals surface area contributed by atoms with Crippen molar-refractivity contribution < 1.29 is 19.0 Å². The highest BCUT2D eigenvalue weighted by molar-refractivity contribution is 6.07. The summed E-state index contributed by atoms with van der Waals surface area (Å²) in [5.74, 6) is 0. The second-order valence-corrected chi connectivity index (χ2v) is 7.18. The predicted octanol–water partition coefficient (Wildman–Crippen LogP) is 4.64. The number of carbonyl (C=O) groups is 1. The van der Waals surface area contributed by atoms with E-state index in [-0.39, 0.29) is 24.4 Å². The fraction of sp³-hybridized carbons (Fsp3) is 0.286. The summed E-state index contributed by atoms with van der Waals surface area (Å²) in [7, 11) is 0. The van der Waals surface area contributed by atoms with Crippen LogP contribution in [0.5, 0.6) is 0 Å². The zero-order valence-corrected chi connectivity index (χ0v) is 13.9. The van der Waals surface area contributed by atoms with E-state index in [4.69, 9.17) is 14.2 Å². The summed E-state index contributed by atoms with van der Waals surface area (Å²) < 4.78 is 16.9. The van der Waals surface area contributed by atoms with Gasteiger partial charge in [-0.2, -0.15) is 0 Å². The van der Waals surface area contributed by atoms with Gasteiger partial charge in [0, 0.05) is 0 Å². The van der Waals surface area contributed by atoms with Crippen molar-refractivity contribution in [1.82, 2.24) is 0 Å². The average Bonchev–Trinajstić information content (AvgIpc) is 3.28. The molecule has 4 nitrogen and oxygen atoms in total. The van der Waals surface area contributed by atoms with Gasteiger partial charge in [-0.15, -0.1) is 0 Å². The van der Waals surface area contributed by atoms with Gasteiger partial charge < -0.3 is 14.2 Å². The number of fused-ring (bicyclic) bond motifs is 11. The number of aryl methyl sites for hydroxylation is 2. The van der Waals surface area contributed by atoms with Crippen molar-refractivity contribution in [3.05, 3.63) is 58.7 Å². The van der Waals surface area contributed by atoms with Gasteiger partial charge in [0.25, 0.3) is 0 Å². The van der Waals surface area contributed by atoms with Crippen molar-refractivity contribution in [3.63, 3.8) is 0 Å². The lowest BCUT2D eigenvalue weighted by molar-refractivity contribution is -0.00555. The van der Waals surface area contributed by atoms with Crippen LogP contribution in [-0.4, -0.2) is 18.4 Å². The molecular weight excluding hydrogens is 316 g/mol. The quantitative estimate of drug-likeness (QED) is 0.444. The van der Waals surface area contributed by atoms with Crippen molar-refractivity contribution in [2.45, 2.75) is 38.3 Å². The number of carbonyl (C=O) groups excluding carboxylic acids is 1. The number of hydrogen-bond donors (Lipinski definition) is 0. The number of ether oxygens (including phenoxy) is 3. The van der Waals surface area contributed by atoms with Gasteiger partial charge >= 0.3 is 6.16 Å². The van der Waals surface area contributed by atoms with Gasteiger partial charge in [-0.25, -0.2) is 4.79 Å². The standard InChI is InChI=1S/C21H16O4/c1-9-11-5-3-4-6-12(11)10(2)15-13(9)7-8-14-16(15)18-20-19(17(14)23-18)24-21(22)25-20/h3-8,17-20H,1-2H3/t17-,18+,19+,20-/m0/s1. The molecule has 2 bridgehead atoms. The summed E-state index contributed by atoms with van der Waals surface area (Å²) in [6.45, 7) is 4.34. The monoisotopic (exact) mass is 332 g/mol. The maximum Gasteiger partial charge on any atom is 0.509 e. The smallest absolute Gasteiger partial charge is 0.424 e. The van der Waals surface area contributed by atoms with Crippen LogP contribution in [0.2, 0.25) is 0 Å². The van der Waals surface area contributed by atoms with E-state index in [2.05, 4.69) is 50.2 Å². The Morgan fingerprint density at radius 3 is 2.24 bits per heavy atom. The lowest BCUT2D eigenvalue weighted by Crippen LogP contribution is -2.28. The van der Waals surface area contributed by atoms with E-state index < -0.39 is 6.16 Å². The molecule has 3 aromatic carbocycles. The highest BCUT2D eigenvalue weighted by atomic mass is 16.8. The minimum absolute atomic E-state index is 0.216. The summed E-state index contributed by atoms with van der Waals surface area (Å²) in [5.41, 5.74) is 4.84. The highest BCUT2D eigenvalue weighted by Crippen LogP contribution is 2.57. The lowest BCUT2D eigenvalue weighted by Gasteiger charge is -2.23. The van der Waals surface area contributed by atoms with Crippen LogP contribution in [0.1, 0.15) is 34.5 Å². The molecule has 0 amide bonds. The van der Waals surface area contributed by atoms with Gasteiger partial charge in [-0.05, 0) is 57.6 Å². The molecule has 124 valence electrons. The van der Waals surface area contributed by atoms with Crippen LogP contribution in [0.4, 0.5) is 4.79 Å². The first kappa shape index (κ1) is 13.7. The molecule has 0 unspecified atom stereocenters. The molecule has 0 saturated carbocycles. The second kappa shape index (κ2) is 4.33. The molecule has 2 fully saturated rings. The fourth-order valence-corrected chi connectivity index (χ4v) is 4.97. The first-order chi connectivity index (χ1) is 12.1. The molecule has 6 rings (SSSR count). The zero-order valence-electron chi connectivity index (χ0n) is 13.9. The Labute approximate surface area is 144 Å². The van der Waals surface area contributed by atoms with Gasteiger partial charge in [-0.1, -0.05) is 36.4 Å². The maximum absolute atomic E-state index is 11.6. The summed E-state index contributed by atoms with van der Waals surface area (Å²) in [4.78, 5) is 11.6. The van der Waals surface area contributed by atoms with Gasteiger partial charge in [-0.3, -0.25) is 0 Å². The molecule has 3 aliphatic heterocycles. The average molecular weight is 332 g/mol. The summed E-state index contributed by atoms with van der Waals surface area (Å²) >= 11 is 0. The van der Waals surface area contributed by atoms with Crippen LogP contribution < -0.4 is 0 Å². The van der Waals surface area contributed by atoms with E-state index in [0.29, 0.717) is 0 Å². The van der Waals surface area contributed by atoms with Gasteiger partial charge in [0.1, 0.15) is 12.2 Å². The van der Waals surface area contributed by atoms with Crippen LogP contribution in [0.15, 0.2) is 36.4 Å². The molecule has 3 heterocycles. The number of rotatable bonds is 0. The van der Waals surface area contributed by atoms with Crippen LogP contribution in [0.3, 0.4) is 0 Å². The molecular formula is C21H16O4. The first-order valence-electron chi connectivity index (χ1n) is 8.62. The Hall–Kier alpha value is -2.59. The molecule has 0 radical (unpaired) electrons. The van der Waals surface area contributed by atoms with Crippen LogP contribution in [-0.2, 0) is 14.2 Å².